The highest BCUT2D eigenvalue weighted by molar-refractivity contribution is 7.89. The average Bonchev–Trinajstić information content (AvgIpc) is 2.64. The number of halogens is 1. The lowest BCUT2D eigenvalue weighted by atomic mass is 10.2. The lowest BCUT2D eigenvalue weighted by Crippen LogP contribution is -2.14. The van der Waals surface area contributed by atoms with Crippen LogP contribution in [0, 0.1) is 0 Å². The van der Waals surface area contributed by atoms with Crippen LogP contribution in [0.1, 0.15) is 10.4 Å². The zero-order valence-electron chi connectivity index (χ0n) is 13.9. The number of sulfonamides is 1. The summed E-state index contributed by atoms with van der Waals surface area (Å²) >= 11 is 6.05. The maximum Gasteiger partial charge on any atom is 0.255 e. The van der Waals surface area contributed by atoms with Gasteiger partial charge in [0.15, 0.2) is 0 Å². The van der Waals surface area contributed by atoms with E-state index in [9.17, 15) is 13.2 Å². The molecule has 8 heteroatoms. The number of benzene rings is 3. The van der Waals surface area contributed by atoms with Gasteiger partial charge < -0.3 is 10.1 Å². The lowest BCUT2D eigenvalue weighted by molar-refractivity contribution is 0.102. The second kappa shape index (κ2) is 7.79. The molecule has 3 rings (SSSR count). The highest BCUT2D eigenvalue weighted by atomic mass is 35.5. The molecule has 3 aromatic rings. The van der Waals surface area contributed by atoms with Crippen LogP contribution in [0.2, 0.25) is 5.02 Å². The van der Waals surface area contributed by atoms with Gasteiger partial charge in [0.05, 0.1) is 9.92 Å². The highest BCUT2D eigenvalue weighted by Crippen LogP contribution is 2.29. The molecule has 0 fully saturated rings. The second-order valence-electron chi connectivity index (χ2n) is 5.58. The standard InChI is InChI=1S/C19H15ClN2O4S/c20-17-3-1-2-4-18(17)26-15-9-7-14(8-10-15)22-19(23)13-5-11-16(12-6-13)27(21,24)25/h1-12H,(H,22,23)(H2,21,24,25). The summed E-state index contributed by atoms with van der Waals surface area (Å²) in [7, 11) is -3.79. The Morgan fingerprint density at radius 3 is 2.15 bits per heavy atom. The fourth-order valence-electron chi connectivity index (χ4n) is 2.26. The fourth-order valence-corrected chi connectivity index (χ4v) is 2.95. The molecule has 138 valence electrons. The average molecular weight is 403 g/mol. The monoisotopic (exact) mass is 402 g/mol. The first-order valence-corrected chi connectivity index (χ1v) is 9.72. The van der Waals surface area contributed by atoms with Gasteiger partial charge in [-0.2, -0.15) is 0 Å². The van der Waals surface area contributed by atoms with Crippen molar-refractivity contribution in [3.63, 3.8) is 0 Å². The molecule has 0 bridgehead atoms. The van der Waals surface area contributed by atoms with Crippen molar-refractivity contribution in [3.8, 4) is 11.5 Å². The first-order chi connectivity index (χ1) is 12.8. The summed E-state index contributed by atoms with van der Waals surface area (Å²) in [6.07, 6.45) is 0. The quantitative estimate of drug-likeness (QED) is 0.673. The molecule has 0 unspecified atom stereocenters. The molecule has 3 N–H and O–H groups in total. The first-order valence-electron chi connectivity index (χ1n) is 7.79. The minimum absolute atomic E-state index is 0.0554. The van der Waals surface area contributed by atoms with E-state index in [-0.39, 0.29) is 10.8 Å². The van der Waals surface area contributed by atoms with Crippen LogP contribution < -0.4 is 15.2 Å². The van der Waals surface area contributed by atoms with E-state index in [1.54, 1.807) is 36.4 Å². The fraction of sp³-hybridized carbons (Fsp3) is 0. The number of ether oxygens (including phenoxy) is 1. The van der Waals surface area contributed by atoms with E-state index in [1.807, 2.05) is 12.1 Å². The Morgan fingerprint density at radius 2 is 1.56 bits per heavy atom. The molecule has 0 aromatic heterocycles. The molecule has 0 aliphatic carbocycles. The maximum absolute atomic E-state index is 12.3. The minimum atomic E-state index is -3.79. The van der Waals surface area contributed by atoms with Gasteiger partial charge in [-0.3, -0.25) is 4.79 Å². The maximum atomic E-state index is 12.3. The van der Waals surface area contributed by atoms with Crippen molar-refractivity contribution in [1.29, 1.82) is 0 Å². The molecule has 0 heterocycles. The smallest absolute Gasteiger partial charge is 0.255 e. The normalized spacial score (nSPS) is 11.0. The number of carbonyl (C=O) groups is 1. The predicted octanol–water partition coefficient (Wildman–Crippen LogP) is 4.03. The Balaban J connectivity index is 1.67. The van der Waals surface area contributed by atoms with Gasteiger partial charge in [0.2, 0.25) is 10.0 Å². The van der Waals surface area contributed by atoms with E-state index >= 15 is 0 Å². The van der Waals surface area contributed by atoms with Crippen molar-refractivity contribution in [2.75, 3.05) is 5.32 Å². The van der Waals surface area contributed by atoms with Crippen molar-refractivity contribution in [2.24, 2.45) is 5.14 Å². The molecule has 0 saturated heterocycles. The molecule has 0 spiro atoms. The van der Waals surface area contributed by atoms with Crippen molar-refractivity contribution in [2.45, 2.75) is 4.90 Å². The topological polar surface area (TPSA) is 98.5 Å². The third kappa shape index (κ3) is 4.85. The van der Waals surface area contributed by atoms with Gasteiger partial charge in [-0.15, -0.1) is 0 Å². The largest absolute Gasteiger partial charge is 0.456 e. The second-order valence-corrected chi connectivity index (χ2v) is 7.55. The summed E-state index contributed by atoms with van der Waals surface area (Å²) in [5.74, 6) is 0.722. The van der Waals surface area contributed by atoms with E-state index in [0.717, 1.165) is 0 Å². The molecular formula is C19H15ClN2O4S. The third-order valence-corrected chi connectivity index (χ3v) is 4.86. The molecule has 0 aliphatic heterocycles. The van der Waals surface area contributed by atoms with Crippen LogP contribution in [0.3, 0.4) is 0 Å². The number of carbonyl (C=O) groups excluding carboxylic acids is 1. The van der Waals surface area contributed by atoms with Crippen LogP contribution >= 0.6 is 11.6 Å². The zero-order valence-corrected chi connectivity index (χ0v) is 15.5. The van der Waals surface area contributed by atoms with Crippen molar-refractivity contribution in [3.05, 3.63) is 83.4 Å². The summed E-state index contributed by atoms with van der Waals surface area (Å²) in [6, 6.07) is 19.2. The van der Waals surface area contributed by atoms with Crippen LogP contribution in [0.15, 0.2) is 77.7 Å². The predicted molar refractivity (Wildman–Crippen MR) is 104 cm³/mol. The lowest BCUT2D eigenvalue weighted by Gasteiger charge is -2.09. The summed E-state index contributed by atoms with van der Waals surface area (Å²) < 4.78 is 28.2. The molecular weight excluding hydrogens is 388 g/mol. The molecule has 0 aliphatic rings. The van der Waals surface area contributed by atoms with Crippen LogP contribution in [0.5, 0.6) is 11.5 Å². The van der Waals surface area contributed by atoms with Gasteiger partial charge in [0.25, 0.3) is 5.91 Å². The van der Waals surface area contributed by atoms with E-state index in [2.05, 4.69) is 5.32 Å². The van der Waals surface area contributed by atoms with Crippen LogP contribution in [-0.2, 0) is 10.0 Å². The molecule has 0 atom stereocenters. The third-order valence-electron chi connectivity index (χ3n) is 3.62. The van der Waals surface area contributed by atoms with Crippen molar-refractivity contribution in [1.82, 2.24) is 0 Å². The first kappa shape index (κ1) is 18.9. The molecule has 1 amide bonds. The number of rotatable bonds is 5. The van der Waals surface area contributed by atoms with Crippen molar-refractivity contribution < 1.29 is 17.9 Å². The van der Waals surface area contributed by atoms with Crippen LogP contribution in [-0.4, -0.2) is 14.3 Å². The Bertz CT molecular complexity index is 1070. The number of nitrogens with two attached hydrogens (primary N) is 1. The molecule has 3 aromatic carbocycles. The van der Waals surface area contributed by atoms with E-state index in [0.29, 0.717) is 27.8 Å². The van der Waals surface area contributed by atoms with Gasteiger partial charge >= 0.3 is 0 Å². The van der Waals surface area contributed by atoms with E-state index in [4.69, 9.17) is 21.5 Å². The molecule has 27 heavy (non-hydrogen) atoms. The van der Waals surface area contributed by atoms with Crippen LogP contribution in [0.25, 0.3) is 0 Å². The number of primary sulfonamides is 1. The summed E-state index contributed by atoms with van der Waals surface area (Å²) in [6.45, 7) is 0. The van der Waals surface area contributed by atoms with E-state index in [1.165, 1.54) is 24.3 Å². The number of para-hydroxylation sites is 1. The molecule has 0 saturated carbocycles. The minimum Gasteiger partial charge on any atom is -0.456 e. The van der Waals surface area contributed by atoms with Gasteiger partial charge in [0, 0.05) is 11.3 Å². The number of nitrogens with one attached hydrogen (secondary N) is 1. The van der Waals surface area contributed by atoms with Gasteiger partial charge in [-0.25, -0.2) is 13.6 Å². The Labute approximate surface area is 161 Å². The number of anilines is 1. The SMILES string of the molecule is NS(=O)(=O)c1ccc(C(=O)Nc2ccc(Oc3ccccc3Cl)cc2)cc1. The van der Waals surface area contributed by atoms with Crippen molar-refractivity contribution >= 4 is 33.2 Å². The summed E-state index contributed by atoms with van der Waals surface area (Å²) in [5, 5.41) is 8.25. The van der Waals surface area contributed by atoms with Crippen LogP contribution in [0.4, 0.5) is 5.69 Å². The molecule has 0 radical (unpaired) electrons. The van der Waals surface area contributed by atoms with E-state index < -0.39 is 10.0 Å². The number of hydrogen-bond donors (Lipinski definition) is 2. The number of amides is 1. The van der Waals surface area contributed by atoms with Gasteiger partial charge in [-0.1, -0.05) is 23.7 Å². The zero-order chi connectivity index (χ0) is 19.4. The highest BCUT2D eigenvalue weighted by Gasteiger charge is 2.11. The Morgan fingerprint density at radius 1 is 0.926 bits per heavy atom. The molecule has 6 nitrogen and oxygen atoms in total. The van der Waals surface area contributed by atoms with Gasteiger partial charge in [0.1, 0.15) is 11.5 Å². The Kier molecular flexibility index (Phi) is 5.46. The van der Waals surface area contributed by atoms with Gasteiger partial charge in [-0.05, 0) is 60.7 Å². The summed E-state index contributed by atoms with van der Waals surface area (Å²) in [4.78, 5) is 12.2. The Hall–Kier alpha value is -2.87. The number of hydrogen-bond acceptors (Lipinski definition) is 4. The summed E-state index contributed by atoms with van der Waals surface area (Å²) in [5.41, 5.74) is 0.862.